The van der Waals surface area contributed by atoms with Gasteiger partial charge in [0.05, 0.1) is 18.8 Å². The lowest BCUT2D eigenvalue weighted by Crippen LogP contribution is -2.27. The molecule has 0 spiro atoms. The van der Waals surface area contributed by atoms with E-state index in [0.717, 1.165) is 11.3 Å². The van der Waals surface area contributed by atoms with Crippen LogP contribution in [0, 0.1) is 17.1 Å². The molecule has 0 saturated carbocycles. The molecule has 0 radical (unpaired) electrons. The van der Waals surface area contributed by atoms with Crippen LogP contribution in [-0.2, 0) is 0 Å². The van der Waals surface area contributed by atoms with Gasteiger partial charge in [-0.3, -0.25) is 0 Å². The molecule has 0 bridgehead atoms. The first-order chi connectivity index (χ1) is 11.1. The highest BCUT2D eigenvalue weighted by Crippen LogP contribution is 2.24. The average Bonchev–Trinajstić information content (AvgIpc) is 2.55. The van der Waals surface area contributed by atoms with E-state index in [1.54, 1.807) is 19.2 Å². The molecule has 1 N–H and O–H groups in total. The molecule has 0 saturated heterocycles. The van der Waals surface area contributed by atoms with E-state index in [1.165, 1.54) is 6.07 Å². The highest BCUT2D eigenvalue weighted by Gasteiger charge is 2.15. The molecule has 23 heavy (non-hydrogen) atoms. The summed E-state index contributed by atoms with van der Waals surface area (Å²) >= 11 is 0. The quantitative estimate of drug-likeness (QED) is 0.888. The van der Waals surface area contributed by atoms with Crippen molar-refractivity contribution < 1.29 is 9.13 Å². The molecule has 2 rings (SSSR count). The second-order valence-corrected chi connectivity index (χ2v) is 5.41. The second kappa shape index (κ2) is 7.61. The minimum atomic E-state index is -0.511. The Kier molecular flexibility index (Phi) is 5.56. The van der Waals surface area contributed by atoms with Crippen molar-refractivity contribution in [2.45, 2.75) is 6.04 Å². The van der Waals surface area contributed by atoms with Gasteiger partial charge in [-0.05, 0) is 43.9 Å². The Morgan fingerprint density at radius 1 is 1.22 bits per heavy atom. The van der Waals surface area contributed by atoms with Crippen LogP contribution in [0.3, 0.4) is 0 Å². The van der Waals surface area contributed by atoms with Gasteiger partial charge in [0.15, 0.2) is 0 Å². The summed E-state index contributed by atoms with van der Waals surface area (Å²) in [7, 11) is 5.59. The number of anilines is 1. The lowest BCUT2D eigenvalue weighted by molar-refractivity contribution is 0.311. The van der Waals surface area contributed by atoms with Crippen LogP contribution in [0.25, 0.3) is 0 Å². The van der Waals surface area contributed by atoms with E-state index in [4.69, 9.17) is 10.00 Å². The van der Waals surface area contributed by atoms with Crippen LogP contribution >= 0.6 is 0 Å². The zero-order chi connectivity index (χ0) is 16.8. The Hall–Kier alpha value is -2.58. The number of nitriles is 1. The number of hydrogen-bond acceptors (Lipinski definition) is 4. The van der Waals surface area contributed by atoms with Gasteiger partial charge >= 0.3 is 0 Å². The highest BCUT2D eigenvalue weighted by molar-refractivity contribution is 5.58. The lowest BCUT2D eigenvalue weighted by Gasteiger charge is -2.26. The van der Waals surface area contributed by atoms with Crippen molar-refractivity contribution >= 4 is 5.69 Å². The lowest BCUT2D eigenvalue weighted by atomic mass is 10.1. The van der Waals surface area contributed by atoms with Gasteiger partial charge in [0.2, 0.25) is 0 Å². The van der Waals surface area contributed by atoms with Crippen molar-refractivity contribution in [1.29, 1.82) is 5.26 Å². The summed E-state index contributed by atoms with van der Waals surface area (Å²) in [5.74, 6) is 0.291. The third-order valence-corrected chi connectivity index (χ3v) is 3.74. The van der Waals surface area contributed by atoms with Crippen molar-refractivity contribution in [1.82, 2.24) is 4.90 Å². The number of hydrogen-bond donors (Lipinski definition) is 1. The average molecular weight is 313 g/mol. The molecule has 4 nitrogen and oxygen atoms in total. The van der Waals surface area contributed by atoms with Gasteiger partial charge in [0.25, 0.3) is 0 Å². The molecule has 0 aliphatic rings. The number of benzene rings is 2. The summed E-state index contributed by atoms with van der Waals surface area (Å²) < 4.78 is 18.8. The van der Waals surface area contributed by atoms with Crippen molar-refractivity contribution in [2.75, 3.05) is 33.1 Å². The predicted molar refractivity (Wildman–Crippen MR) is 89.0 cm³/mol. The molecule has 5 heteroatoms. The van der Waals surface area contributed by atoms with Crippen molar-refractivity contribution in [3.05, 3.63) is 59.4 Å². The summed E-state index contributed by atoms with van der Waals surface area (Å²) in [5.41, 5.74) is 1.66. The zero-order valence-electron chi connectivity index (χ0n) is 13.5. The topological polar surface area (TPSA) is 48.3 Å². The van der Waals surface area contributed by atoms with Crippen molar-refractivity contribution in [2.24, 2.45) is 0 Å². The molecule has 0 aliphatic carbocycles. The highest BCUT2D eigenvalue weighted by atomic mass is 19.1. The summed E-state index contributed by atoms with van der Waals surface area (Å²) in [6, 6.07) is 14.4. The Bertz CT molecular complexity index is 692. The molecule has 0 amide bonds. The summed E-state index contributed by atoms with van der Waals surface area (Å²) in [4.78, 5) is 2.07. The number of ether oxygens (including phenoxy) is 1. The van der Waals surface area contributed by atoms with Crippen LogP contribution in [0.4, 0.5) is 10.1 Å². The number of methoxy groups -OCH3 is 1. The number of halogens is 1. The van der Waals surface area contributed by atoms with E-state index in [0.29, 0.717) is 12.2 Å². The summed E-state index contributed by atoms with van der Waals surface area (Å²) in [6.45, 7) is 0.553. The molecule has 0 aromatic heterocycles. The van der Waals surface area contributed by atoms with Crippen LogP contribution in [0.2, 0.25) is 0 Å². The number of nitrogens with zero attached hydrogens (tertiary/aromatic N) is 2. The molecular weight excluding hydrogens is 293 g/mol. The smallest absolute Gasteiger partial charge is 0.143 e. The first-order valence-electron chi connectivity index (χ1n) is 7.29. The predicted octanol–water partition coefficient (Wildman–Crippen LogP) is 3.42. The van der Waals surface area contributed by atoms with Gasteiger partial charge in [-0.2, -0.15) is 5.26 Å². The number of likely N-dealkylation sites (N-methyl/N-ethyl adjacent to an activating group) is 1. The Labute approximate surface area is 136 Å². The maximum atomic E-state index is 13.7. The van der Waals surface area contributed by atoms with Gasteiger partial charge in [-0.1, -0.05) is 18.2 Å². The van der Waals surface area contributed by atoms with Crippen LogP contribution in [-0.4, -0.2) is 32.6 Å². The van der Waals surface area contributed by atoms with E-state index in [2.05, 4.69) is 10.2 Å². The van der Waals surface area contributed by atoms with Crippen molar-refractivity contribution in [3.8, 4) is 11.8 Å². The van der Waals surface area contributed by atoms with E-state index in [1.807, 2.05) is 44.4 Å². The van der Waals surface area contributed by atoms with Gasteiger partial charge in [0.1, 0.15) is 23.2 Å². The van der Waals surface area contributed by atoms with Crippen LogP contribution in [0.5, 0.6) is 5.75 Å². The fraction of sp³-hybridized carbons (Fsp3) is 0.278. The standard InChI is InChI=1S/C18H20FN3O/c1-22(2)18(13-7-9-14(23-3)10-8-13)12-21-17-6-4-5-16(19)15(17)11-20/h4-10,18,21H,12H2,1-3H3/t18-/m0/s1. The van der Waals surface area contributed by atoms with Crippen LogP contribution in [0.1, 0.15) is 17.2 Å². The van der Waals surface area contributed by atoms with E-state index in [-0.39, 0.29) is 11.6 Å². The fourth-order valence-corrected chi connectivity index (χ4v) is 2.42. The van der Waals surface area contributed by atoms with Gasteiger partial charge in [-0.25, -0.2) is 4.39 Å². The maximum Gasteiger partial charge on any atom is 0.143 e. The molecule has 0 heterocycles. The Balaban J connectivity index is 2.18. The van der Waals surface area contributed by atoms with E-state index >= 15 is 0 Å². The summed E-state index contributed by atoms with van der Waals surface area (Å²) in [6.07, 6.45) is 0. The van der Waals surface area contributed by atoms with E-state index in [9.17, 15) is 4.39 Å². The van der Waals surface area contributed by atoms with E-state index < -0.39 is 5.82 Å². The SMILES string of the molecule is COc1ccc([C@H](CNc2cccc(F)c2C#N)N(C)C)cc1. The molecule has 0 aliphatic heterocycles. The molecule has 120 valence electrons. The van der Waals surface area contributed by atoms with Gasteiger partial charge in [0, 0.05) is 6.54 Å². The third kappa shape index (κ3) is 3.99. The van der Waals surface area contributed by atoms with Crippen LogP contribution < -0.4 is 10.1 Å². The fourth-order valence-electron chi connectivity index (χ4n) is 2.42. The molecule has 2 aromatic rings. The Morgan fingerprint density at radius 3 is 2.48 bits per heavy atom. The summed E-state index contributed by atoms with van der Waals surface area (Å²) in [5, 5.41) is 12.3. The van der Waals surface area contributed by atoms with Gasteiger partial charge in [-0.15, -0.1) is 0 Å². The minimum Gasteiger partial charge on any atom is -0.497 e. The maximum absolute atomic E-state index is 13.7. The first kappa shape index (κ1) is 16.8. The second-order valence-electron chi connectivity index (χ2n) is 5.41. The number of nitrogens with one attached hydrogen (secondary N) is 1. The molecular formula is C18H20FN3O. The first-order valence-corrected chi connectivity index (χ1v) is 7.29. The normalized spacial score (nSPS) is 11.8. The Morgan fingerprint density at radius 2 is 1.91 bits per heavy atom. The van der Waals surface area contributed by atoms with Crippen molar-refractivity contribution in [3.63, 3.8) is 0 Å². The third-order valence-electron chi connectivity index (χ3n) is 3.74. The molecule has 1 atom stereocenters. The molecule has 2 aromatic carbocycles. The van der Waals surface area contributed by atoms with Crippen LogP contribution in [0.15, 0.2) is 42.5 Å². The molecule has 0 unspecified atom stereocenters. The number of rotatable bonds is 6. The minimum absolute atomic E-state index is 0.0414. The zero-order valence-corrected chi connectivity index (χ0v) is 13.5. The molecule has 0 fully saturated rings. The monoisotopic (exact) mass is 313 g/mol. The largest absolute Gasteiger partial charge is 0.497 e. The van der Waals surface area contributed by atoms with Gasteiger partial charge < -0.3 is 15.0 Å².